The highest BCUT2D eigenvalue weighted by atomic mass is 32.1. The second-order valence-corrected chi connectivity index (χ2v) is 7.70. The molecule has 1 aliphatic heterocycles. The van der Waals surface area contributed by atoms with Gasteiger partial charge in [-0.1, -0.05) is 0 Å². The minimum absolute atomic E-state index is 0.418. The summed E-state index contributed by atoms with van der Waals surface area (Å²) in [5, 5.41) is 4.54. The van der Waals surface area contributed by atoms with Crippen LogP contribution in [0.4, 0.5) is 0 Å². The molecule has 124 valence electrons. The lowest BCUT2D eigenvalue weighted by atomic mass is 10.1. The Morgan fingerprint density at radius 3 is 3.09 bits per heavy atom. The van der Waals surface area contributed by atoms with E-state index in [0.29, 0.717) is 6.04 Å². The van der Waals surface area contributed by atoms with Crippen molar-refractivity contribution >= 4 is 11.3 Å². The van der Waals surface area contributed by atoms with E-state index >= 15 is 0 Å². The summed E-state index contributed by atoms with van der Waals surface area (Å²) in [5.74, 6) is 0.840. The first-order chi connectivity index (χ1) is 11.3. The molecule has 1 aliphatic carbocycles. The largest absolute Gasteiger partial charge is 0.381 e. The van der Waals surface area contributed by atoms with Crippen LogP contribution in [0.2, 0.25) is 0 Å². The van der Waals surface area contributed by atoms with Gasteiger partial charge in [0.25, 0.3) is 0 Å². The maximum absolute atomic E-state index is 5.84. The lowest BCUT2D eigenvalue weighted by molar-refractivity contribution is 0.0907. The monoisotopic (exact) mass is 332 g/mol. The fraction of sp³-hybridized carbons (Fsp3) is 0.647. The second kappa shape index (κ2) is 6.71. The summed E-state index contributed by atoms with van der Waals surface area (Å²) in [5.41, 5.74) is 4.42. The average Bonchev–Trinajstić information content (AvgIpc) is 3.10. The van der Waals surface area contributed by atoms with Crippen molar-refractivity contribution in [1.29, 1.82) is 0 Å². The number of fused-ring (bicyclic) bond motifs is 1. The van der Waals surface area contributed by atoms with Gasteiger partial charge in [0, 0.05) is 43.9 Å². The number of aryl methyl sites for hydroxylation is 1. The third-order valence-corrected chi connectivity index (χ3v) is 5.73. The van der Waals surface area contributed by atoms with Crippen LogP contribution in [0.5, 0.6) is 0 Å². The molecule has 4 rings (SSSR count). The van der Waals surface area contributed by atoms with Crippen LogP contribution < -0.4 is 0 Å². The van der Waals surface area contributed by atoms with E-state index in [1.807, 2.05) is 11.7 Å². The number of rotatable bonds is 7. The van der Waals surface area contributed by atoms with Gasteiger partial charge in [0.1, 0.15) is 0 Å². The van der Waals surface area contributed by atoms with Crippen LogP contribution in [0.3, 0.4) is 0 Å². The summed E-state index contributed by atoms with van der Waals surface area (Å²) in [6.07, 6.45) is 5.68. The van der Waals surface area contributed by atoms with E-state index in [2.05, 4.69) is 32.7 Å². The zero-order valence-corrected chi connectivity index (χ0v) is 14.5. The Bertz CT molecular complexity index is 649. The highest BCUT2D eigenvalue weighted by Crippen LogP contribution is 2.29. The number of aromatic nitrogens is 3. The van der Waals surface area contributed by atoms with Crippen LogP contribution in [0.1, 0.15) is 41.6 Å². The van der Waals surface area contributed by atoms with E-state index in [-0.39, 0.29) is 0 Å². The van der Waals surface area contributed by atoms with E-state index in [4.69, 9.17) is 4.74 Å². The van der Waals surface area contributed by atoms with Crippen molar-refractivity contribution < 1.29 is 4.74 Å². The highest BCUT2D eigenvalue weighted by molar-refractivity contribution is 7.09. The van der Waals surface area contributed by atoms with E-state index < -0.39 is 0 Å². The van der Waals surface area contributed by atoms with E-state index in [1.165, 1.54) is 29.1 Å². The van der Waals surface area contributed by atoms with Crippen molar-refractivity contribution in [2.24, 2.45) is 5.92 Å². The standard InChI is InChI=1S/C17H24N4OS/c1-13-17(23-12-18-13)10-20-8-15-4-6-19-21(15)16(9-20)5-7-22-11-14-2-3-14/h4,6,12,14,16H,2-3,5,7-11H2,1H3. The molecule has 2 aromatic rings. The summed E-state index contributed by atoms with van der Waals surface area (Å²) in [7, 11) is 0. The number of thiazole rings is 1. The summed E-state index contributed by atoms with van der Waals surface area (Å²) in [6, 6.07) is 2.56. The van der Waals surface area contributed by atoms with Gasteiger partial charge in [0.15, 0.2) is 0 Å². The molecule has 1 fully saturated rings. The van der Waals surface area contributed by atoms with E-state index in [0.717, 1.165) is 45.2 Å². The minimum atomic E-state index is 0.418. The van der Waals surface area contributed by atoms with Gasteiger partial charge in [0.05, 0.1) is 22.9 Å². The molecule has 0 saturated heterocycles. The number of ether oxygens (including phenoxy) is 1. The van der Waals surface area contributed by atoms with Gasteiger partial charge in [-0.3, -0.25) is 9.58 Å². The van der Waals surface area contributed by atoms with Gasteiger partial charge < -0.3 is 4.74 Å². The molecule has 0 N–H and O–H groups in total. The third-order valence-electron chi connectivity index (χ3n) is 4.81. The Morgan fingerprint density at radius 2 is 2.30 bits per heavy atom. The molecule has 0 amide bonds. The molecule has 1 unspecified atom stereocenters. The van der Waals surface area contributed by atoms with E-state index in [9.17, 15) is 0 Å². The lowest BCUT2D eigenvalue weighted by Crippen LogP contribution is -2.37. The minimum Gasteiger partial charge on any atom is -0.381 e. The molecule has 1 atom stereocenters. The quantitative estimate of drug-likeness (QED) is 0.731. The molecular weight excluding hydrogens is 308 g/mol. The molecule has 2 aromatic heterocycles. The van der Waals surface area contributed by atoms with Gasteiger partial charge in [-0.2, -0.15) is 5.10 Å². The zero-order chi connectivity index (χ0) is 15.6. The first-order valence-electron chi connectivity index (χ1n) is 8.51. The molecule has 3 heterocycles. The summed E-state index contributed by atoms with van der Waals surface area (Å²) >= 11 is 1.76. The molecule has 0 aromatic carbocycles. The van der Waals surface area contributed by atoms with Crippen LogP contribution in [0.25, 0.3) is 0 Å². The Kier molecular flexibility index (Phi) is 4.46. The first-order valence-corrected chi connectivity index (χ1v) is 9.39. The molecule has 0 bridgehead atoms. The van der Waals surface area contributed by atoms with Crippen molar-refractivity contribution in [2.75, 3.05) is 19.8 Å². The van der Waals surface area contributed by atoms with Gasteiger partial charge in [-0.25, -0.2) is 4.98 Å². The normalized spacial score (nSPS) is 21.5. The lowest BCUT2D eigenvalue weighted by Gasteiger charge is -2.33. The SMILES string of the molecule is Cc1ncsc1CN1Cc2ccnn2C(CCOCC2CC2)C1. The summed E-state index contributed by atoms with van der Waals surface area (Å²) in [6.45, 7) is 6.89. The van der Waals surface area contributed by atoms with Gasteiger partial charge >= 0.3 is 0 Å². The first kappa shape index (κ1) is 15.3. The van der Waals surface area contributed by atoms with Crippen molar-refractivity contribution in [3.8, 4) is 0 Å². The number of nitrogens with zero attached hydrogens (tertiary/aromatic N) is 4. The molecule has 1 saturated carbocycles. The Labute approximate surface area is 141 Å². The average molecular weight is 332 g/mol. The predicted octanol–water partition coefficient (Wildman–Crippen LogP) is 3.02. The molecule has 6 heteroatoms. The molecule has 5 nitrogen and oxygen atoms in total. The summed E-state index contributed by atoms with van der Waals surface area (Å²) in [4.78, 5) is 8.27. The second-order valence-electron chi connectivity index (χ2n) is 6.76. The number of hydrogen-bond acceptors (Lipinski definition) is 5. The fourth-order valence-corrected chi connectivity index (χ4v) is 4.05. The molecule has 2 aliphatic rings. The van der Waals surface area contributed by atoms with Crippen LogP contribution in [0.15, 0.2) is 17.8 Å². The van der Waals surface area contributed by atoms with Crippen LogP contribution >= 0.6 is 11.3 Å². The van der Waals surface area contributed by atoms with Crippen molar-refractivity contribution in [2.45, 2.75) is 45.3 Å². The van der Waals surface area contributed by atoms with Crippen molar-refractivity contribution in [3.05, 3.63) is 34.0 Å². The maximum Gasteiger partial charge on any atom is 0.0798 e. The topological polar surface area (TPSA) is 43.2 Å². The van der Waals surface area contributed by atoms with Crippen LogP contribution in [-0.2, 0) is 17.8 Å². The third kappa shape index (κ3) is 3.65. The predicted molar refractivity (Wildman–Crippen MR) is 90.4 cm³/mol. The molecule has 0 radical (unpaired) electrons. The Balaban J connectivity index is 1.38. The molecule has 23 heavy (non-hydrogen) atoms. The van der Waals surface area contributed by atoms with Crippen molar-refractivity contribution in [1.82, 2.24) is 19.7 Å². The fourth-order valence-electron chi connectivity index (χ4n) is 3.23. The van der Waals surface area contributed by atoms with Crippen LogP contribution in [-0.4, -0.2) is 39.4 Å². The number of hydrogen-bond donors (Lipinski definition) is 0. The van der Waals surface area contributed by atoms with Gasteiger partial charge in [-0.15, -0.1) is 11.3 Å². The van der Waals surface area contributed by atoms with Crippen LogP contribution in [0, 0.1) is 12.8 Å². The van der Waals surface area contributed by atoms with Crippen molar-refractivity contribution in [3.63, 3.8) is 0 Å². The Hall–Kier alpha value is -1.24. The van der Waals surface area contributed by atoms with Gasteiger partial charge in [0.2, 0.25) is 0 Å². The maximum atomic E-state index is 5.84. The zero-order valence-electron chi connectivity index (χ0n) is 13.6. The highest BCUT2D eigenvalue weighted by Gasteiger charge is 2.26. The molecule has 0 spiro atoms. The Morgan fingerprint density at radius 1 is 1.39 bits per heavy atom. The summed E-state index contributed by atoms with van der Waals surface area (Å²) < 4.78 is 8.05. The van der Waals surface area contributed by atoms with Gasteiger partial charge in [-0.05, 0) is 38.2 Å². The smallest absolute Gasteiger partial charge is 0.0798 e. The molecular formula is C17H24N4OS. The van der Waals surface area contributed by atoms with E-state index in [1.54, 1.807) is 11.3 Å².